The van der Waals surface area contributed by atoms with E-state index in [0.29, 0.717) is 11.9 Å². The molecule has 0 saturated heterocycles. The predicted molar refractivity (Wildman–Crippen MR) is 90.4 cm³/mol. The van der Waals surface area contributed by atoms with E-state index in [1.54, 1.807) is 24.4 Å². The maximum Gasteiger partial charge on any atom is 0.227 e. The minimum absolute atomic E-state index is 0.0445. The van der Waals surface area contributed by atoms with Gasteiger partial charge >= 0.3 is 0 Å². The van der Waals surface area contributed by atoms with E-state index in [1.165, 1.54) is 0 Å². The van der Waals surface area contributed by atoms with Crippen molar-refractivity contribution in [2.24, 2.45) is 0 Å². The van der Waals surface area contributed by atoms with Crippen molar-refractivity contribution in [2.45, 2.75) is 19.3 Å². The van der Waals surface area contributed by atoms with Gasteiger partial charge in [0.15, 0.2) is 5.78 Å². The Balaban J connectivity index is 1.68. The van der Waals surface area contributed by atoms with Gasteiger partial charge in [-0.05, 0) is 24.3 Å². The number of carbonyl (C=O) groups excluding carboxylic acids is 3. The first kappa shape index (κ1) is 19.2. The van der Waals surface area contributed by atoms with Crippen LogP contribution in [0.1, 0.15) is 29.6 Å². The number of nitrogens with zero attached hydrogens (tertiary/aromatic N) is 1. The summed E-state index contributed by atoms with van der Waals surface area (Å²) in [6, 6.07) is 7.73. The molecule has 2 rings (SSSR count). The van der Waals surface area contributed by atoms with Crippen molar-refractivity contribution in [3.05, 3.63) is 59.8 Å². The quantitative estimate of drug-likeness (QED) is 0.707. The highest BCUT2D eigenvalue weighted by Crippen LogP contribution is 2.12. The molecular formula is C18H17F2N3O3. The van der Waals surface area contributed by atoms with Crippen LogP contribution in [0.3, 0.4) is 0 Å². The Kier molecular flexibility index (Phi) is 6.90. The summed E-state index contributed by atoms with van der Waals surface area (Å²) >= 11 is 0. The Hall–Kier alpha value is -3.16. The van der Waals surface area contributed by atoms with E-state index in [-0.39, 0.29) is 37.3 Å². The molecule has 0 spiro atoms. The Morgan fingerprint density at radius 1 is 0.962 bits per heavy atom. The summed E-state index contributed by atoms with van der Waals surface area (Å²) in [6.07, 6.45) is 1.22. The van der Waals surface area contributed by atoms with Crippen molar-refractivity contribution in [3.8, 4) is 0 Å². The first-order chi connectivity index (χ1) is 12.5. The van der Waals surface area contributed by atoms with Crippen molar-refractivity contribution in [2.75, 3.05) is 11.9 Å². The predicted octanol–water partition coefficient (Wildman–Crippen LogP) is 2.47. The summed E-state index contributed by atoms with van der Waals surface area (Å²) in [5.41, 5.74) is -0.256. The number of anilines is 1. The fourth-order valence-electron chi connectivity index (χ4n) is 2.12. The van der Waals surface area contributed by atoms with Gasteiger partial charge in [-0.3, -0.25) is 14.4 Å². The van der Waals surface area contributed by atoms with Gasteiger partial charge in [-0.15, -0.1) is 0 Å². The average Bonchev–Trinajstić information content (AvgIpc) is 2.60. The zero-order valence-electron chi connectivity index (χ0n) is 13.8. The van der Waals surface area contributed by atoms with Gasteiger partial charge in [-0.2, -0.15) is 0 Å². The van der Waals surface area contributed by atoms with Crippen LogP contribution in [0.15, 0.2) is 42.6 Å². The van der Waals surface area contributed by atoms with Crippen LogP contribution in [-0.2, 0) is 9.59 Å². The van der Waals surface area contributed by atoms with E-state index >= 15 is 0 Å². The molecule has 1 heterocycles. The molecule has 2 aromatic rings. The van der Waals surface area contributed by atoms with Crippen molar-refractivity contribution in [1.82, 2.24) is 10.3 Å². The third kappa shape index (κ3) is 6.04. The molecule has 136 valence electrons. The fourth-order valence-corrected chi connectivity index (χ4v) is 2.12. The monoisotopic (exact) mass is 361 g/mol. The number of benzene rings is 1. The maximum atomic E-state index is 13.5. The highest BCUT2D eigenvalue weighted by Gasteiger charge is 2.14. The molecule has 6 nitrogen and oxygen atoms in total. The van der Waals surface area contributed by atoms with Crippen LogP contribution in [0.5, 0.6) is 0 Å². The highest BCUT2D eigenvalue weighted by molar-refractivity contribution is 5.98. The van der Waals surface area contributed by atoms with Crippen LogP contribution in [-0.4, -0.2) is 29.1 Å². The molecule has 0 fully saturated rings. The SMILES string of the molecule is O=C(CCC(=O)c1ccc(F)cc1F)NCCC(=O)Nc1ccccn1. The van der Waals surface area contributed by atoms with E-state index < -0.39 is 23.3 Å². The Morgan fingerprint density at radius 3 is 2.46 bits per heavy atom. The molecule has 0 bridgehead atoms. The number of aromatic nitrogens is 1. The lowest BCUT2D eigenvalue weighted by molar-refractivity contribution is -0.121. The molecule has 2 amide bonds. The number of pyridine rings is 1. The molecule has 0 aliphatic carbocycles. The summed E-state index contributed by atoms with van der Waals surface area (Å²) in [5.74, 6) is -2.66. The van der Waals surface area contributed by atoms with Gasteiger partial charge in [0.2, 0.25) is 11.8 Å². The molecule has 26 heavy (non-hydrogen) atoms. The van der Waals surface area contributed by atoms with Gasteiger partial charge in [0.05, 0.1) is 5.56 Å². The van der Waals surface area contributed by atoms with Crippen LogP contribution in [0.2, 0.25) is 0 Å². The molecule has 0 saturated carbocycles. The zero-order chi connectivity index (χ0) is 18.9. The number of amides is 2. The summed E-state index contributed by atoms with van der Waals surface area (Å²) in [5, 5.41) is 5.07. The third-order valence-corrected chi connectivity index (χ3v) is 3.42. The minimum Gasteiger partial charge on any atom is -0.356 e. The molecule has 8 heteroatoms. The topological polar surface area (TPSA) is 88.2 Å². The van der Waals surface area contributed by atoms with E-state index in [9.17, 15) is 23.2 Å². The second-order valence-electron chi connectivity index (χ2n) is 5.41. The van der Waals surface area contributed by atoms with E-state index in [0.717, 1.165) is 12.1 Å². The summed E-state index contributed by atoms with van der Waals surface area (Å²) < 4.78 is 26.3. The molecule has 0 unspecified atom stereocenters. The molecule has 0 atom stereocenters. The van der Waals surface area contributed by atoms with E-state index in [2.05, 4.69) is 15.6 Å². The standard InChI is InChI=1S/C18H17F2N3O3/c19-12-4-5-13(14(20)11-12)15(24)6-7-17(25)22-10-8-18(26)23-16-3-1-2-9-21-16/h1-5,9,11H,6-8,10H2,(H,22,25)(H,21,23,26). The summed E-state index contributed by atoms with van der Waals surface area (Å²) in [6.45, 7) is 0.0938. The number of hydrogen-bond donors (Lipinski definition) is 2. The molecule has 0 radical (unpaired) electrons. The highest BCUT2D eigenvalue weighted by atomic mass is 19.1. The second-order valence-corrected chi connectivity index (χ2v) is 5.41. The number of nitrogens with one attached hydrogen (secondary N) is 2. The molecule has 0 aliphatic heterocycles. The van der Waals surface area contributed by atoms with Crippen molar-refractivity contribution < 1.29 is 23.2 Å². The lowest BCUT2D eigenvalue weighted by atomic mass is 10.1. The van der Waals surface area contributed by atoms with Crippen LogP contribution in [0.4, 0.5) is 14.6 Å². The molecule has 1 aromatic carbocycles. The molecule has 2 N–H and O–H groups in total. The van der Waals surface area contributed by atoms with Gasteiger partial charge in [0.25, 0.3) is 0 Å². The first-order valence-electron chi connectivity index (χ1n) is 7.91. The lowest BCUT2D eigenvalue weighted by Crippen LogP contribution is -2.28. The number of hydrogen-bond acceptors (Lipinski definition) is 4. The number of halogens is 2. The van der Waals surface area contributed by atoms with Crippen molar-refractivity contribution in [3.63, 3.8) is 0 Å². The van der Waals surface area contributed by atoms with E-state index in [1.807, 2.05) is 0 Å². The first-order valence-corrected chi connectivity index (χ1v) is 7.91. The lowest BCUT2D eigenvalue weighted by Gasteiger charge is -2.06. The molecular weight excluding hydrogens is 344 g/mol. The maximum absolute atomic E-state index is 13.5. The van der Waals surface area contributed by atoms with Crippen LogP contribution < -0.4 is 10.6 Å². The minimum atomic E-state index is -0.957. The Bertz CT molecular complexity index is 798. The Labute approximate surface area is 148 Å². The largest absolute Gasteiger partial charge is 0.356 e. The number of Topliss-reactive ketones (excluding diaryl/α,β-unsaturated/α-hetero) is 1. The number of rotatable bonds is 8. The van der Waals surface area contributed by atoms with Crippen LogP contribution >= 0.6 is 0 Å². The fraction of sp³-hybridized carbons (Fsp3) is 0.222. The number of carbonyl (C=O) groups is 3. The molecule has 1 aromatic heterocycles. The van der Waals surface area contributed by atoms with Crippen molar-refractivity contribution >= 4 is 23.4 Å². The summed E-state index contributed by atoms with van der Waals surface area (Å²) in [7, 11) is 0. The van der Waals surface area contributed by atoms with Gasteiger partial charge in [0, 0.05) is 38.1 Å². The number of ketones is 1. The van der Waals surface area contributed by atoms with E-state index in [4.69, 9.17) is 0 Å². The van der Waals surface area contributed by atoms with Gasteiger partial charge in [-0.1, -0.05) is 6.07 Å². The summed E-state index contributed by atoms with van der Waals surface area (Å²) in [4.78, 5) is 39.2. The van der Waals surface area contributed by atoms with Gasteiger partial charge in [-0.25, -0.2) is 13.8 Å². The van der Waals surface area contributed by atoms with Gasteiger partial charge < -0.3 is 10.6 Å². The van der Waals surface area contributed by atoms with Gasteiger partial charge in [0.1, 0.15) is 17.5 Å². The Morgan fingerprint density at radius 2 is 1.77 bits per heavy atom. The third-order valence-electron chi connectivity index (χ3n) is 3.42. The average molecular weight is 361 g/mol. The molecule has 0 aliphatic rings. The van der Waals surface area contributed by atoms with Crippen LogP contribution in [0, 0.1) is 11.6 Å². The van der Waals surface area contributed by atoms with Crippen LogP contribution in [0.25, 0.3) is 0 Å². The normalized spacial score (nSPS) is 10.2. The zero-order valence-corrected chi connectivity index (χ0v) is 13.8. The van der Waals surface area contributed by atoms with Crippen molar-refractivity contribution in [1.29, 1.82) is 0 Å². The second kappa shape index (κ2) is 9.36. The smallest absolute Gasteiger partial charge is 0.227 e.